The third-order valence-corrected chi connectivity index (χ3v) is 4.34. The zero-order valence-electron chi connectivity index (χ0n) is 10.3. The molecule has 0 fully saturated rings. The van der Waals surface area contributed by atoms with E-state index in [9.17, 15) is 0 Å². The van der Waals surface area contributed by atoms with Gasteiger partial charge in [-0.05, 0) is 36.2 Å². The van der Waals surface area contributed by atoms with Crippen LogP contribution in [0.15, 0.2) is 58.3 Å². The Morgan fingerprint density at radius 1 is 1.11 bits per heavy atom. The van der Waals surface area contributed by atoms with Gasteiger partial charge in [0, 0.05) is 15.8 Å². The van der Waals surface area contributed by atoms with Gasteiger partial charge >= 0.3 is 0 Å². The fourth-order valence-electron chi connectivity index (χ4n) is 1.67. The molecule has 1 nitrogen and oxygen atoms in total. The van der Waals surface area contributed by atoms with Gasteiger partial charge in [0.2, 0.25) is 0 Å². The highest BCUT2D eigenvalue weighted by atomic mass is 35.5. The molecule has 0 radical (unpaired) electrons. The summed E-state index contributed by atoms with van der Waals surface area (Å²) in [6, 6.07) is 16.4. The van der Waals surface area contributed by atoms with Crippen molar-refractivity contribution in [2.24, 2.45) is 5.73 Å². The number of hydrogen-bond donors (Lipinski definition) is 1. The van der Waals surface area contributed by atoms with Gasteiger partial charge in [-0.2, -0.15) is 0 Å². The average molecular weight is 278 g/mol. The highest BCUT2D eigenvalue weighted by molar-refractivity contribution is 7.99. The van der Waals surface area contributed by atoms with E-state index >= 15 is 0 Å². The molecular formula is C15H16ClNS. The van der Waals surface area contributed by atoms with Crippen LogP contribution in [0.5, 0.6) is 0 Å². The van der Waals surface area contributed by atoms with Crippen molar-refractivity contribution in [1.82, 2.24) is 0 Å². The molecule has 94 valence electrons. The summed E-state index contributed by atoms with van der Waals surface area (Å²) in [4.78, 5) is 2.25. The summed E-state index contributed by atoms with van der Waals surface area (Å²) >= 11 is 7.81. The van der Waals surface area contributed by atoms with E-state index < -0.39 is 0 Å². The largest absolute Gasteiger partial charge is 0.324 e. The van der Waals surface area contributed by atoms with Crippen LogP contribution < -0.4 is 5.73 Å². The van der Waals surface area contributed by atoms with Gasteiger partial charge in [-0.3, -0.25) is 0 Å². The molecule has 0 aliphatic rings. The monoisotopic (exact) mass is 277 g/mol. The van der Waals surface area contributed by atoms with Gasteiger partial charge in [-0.1, -0.05) is 54.6 Å². The van der Waals surface area contributed by atoms with E-state index in [2.05, 4.69) is 31.2 Å². The SMILES string of the molecule is CC[C@@H](N)c1ccc(Sc2ccccc2Cl)cc1. The summed E-state index contributed by atoms with van der Waals surface area (Å²) in [6.07, 6.45) is 0.955. The highest BCUT2D eigenvalue weighted by Gasteiger charge is 2.05. The molecule has 3 heteroatoms. The Hall–Kier alpha value is -0.960. The zero-order chi connectivity index (χ0) is 13.0. The molecule has 2 aromatic rings. The minimum atomic E-state index is 0.129. The summed E-state index contributed by atoms with van der Waals surface area (Å²) < 4.78 is 0. The van der Waals surface area contributed by atoms with E-state index in [1.165, 1.54) is 10.5 Å². The average Bonchev–Trinajstić information content (AvgIpc) is 2.41. The summed E-state index contributed by atoms with van der Waals surface area (Å²) in [7, 11) is 0. The molecule has 0 unspecified atom stereocenters. The van der Waals surface area contributed by atoms with E-state index in [1.807, 2.05) is 24.3 Å². The maximum Gasteiger partial charge on any atom is 0.0545 e. The second-order valence-electron chi connectivity index (χ2n) is 4.12. The summed E-state index contributed by atoms with van der Waals surface area (Å²) in [6.45, 7) is 2.09. The van der Waals surface area contributed by atoms with Gasteiger partial charge in [-0.25, -0.2) is 0 Å². The topological polar surface area (TPSA) is 26.0 Å². The third kappa shape index (κ3) is 3.29. The van der Waals surface area contributed by atoms with Crippen LogP contribution in [0.4, 0.5) is 0 Å². The van der Waals surface area contributed by atoms with Gasteiger partial charge in [0.15, 0.2) is 0 Å². The van der Waals surface area contributed by atoms with Gasteiger partial charge in [0.05, 0.1) is 5.02 Å². The van der Waals surface area contributed by atoms with Crippen LogP contribution in [0.3, 0.4) is 0 Å². The quantitative estimate of drug-likeness (QED) is 0.860. The number of rotatable bonds is 4. The fraction of sp³-hybridized carbons (Fsp3) is 0.200. The van der Waals surface area contributed by atoms with Crippen molar-refractivity contribution in [3.05, 3.63) is 59.1 Å². The van der Waals surface area contributed by atoms with E-state index in [0.29, 0.717) is 0 Å². The number of benzene rings is 2. The molecule has 0 aliphatic heterocycles. The Kier molecular flexibility index (Phi) is 4.70. The minimum Gasteiger partial charge on any atom is -0.324 e. The number of hydrogen-bond acceptors (Lipinski definition) is 2. The van der Waals surface area contributed by atoms with Crippen molar-refractivity contribution in [1.29, 1.82) is 0 Å². The van der Waals surface area contributed by atoms with E-state index in [0.717, 1.165) is 16.3 Å². The second-order valence-corrected chi connectivity index (χ2v) is 5.64. The van der Waals surface area contributed by atoms with Crippen LogP contribution in [-0.4, -0.2) is 0 Å². The Bertz CT molecular complexity index is 510. The molecule has 2 N–H and O–H groups in total. The number of nitrogens with two attached hydrogens (primary N) is 1. The summed E-state index contributed by atoms with van der Waals surface area (Å²) in [5, 5.41) is 0.789. The van der Waals surface area contributed by atoms with E-state index in [-0.39, 0.29) is 6.04 Å². The maximum atomic E-state index is 6.14. The molecule has 0 saturated carbocycles. The standard InChI is InChI=1S/C15H16ClNS/c1-2-14(17)11-7-9-12(10-8-11)18-15-6-4-3-5-13(15)16/h3-10,14H,2,17H2,1H3/t14-/m1/s1. The lowest BCUT2D eigenvalue weighted by atomic mass is 10.1. The molecule has 0 heterocycles. The van der Waals surface area contributed by atoms with Crippen molar-refractivity contribution in [3.8, 4) is 0 Å². The first-order valence-electron chi connectivity index (χ1n) is 5.98. The van der Waals surface area contributed by atoms with Gasteiger partial charge in [-0.15, -0.1) is 0 Å². The molecule has 1 atom stereocenters. The molecule has 0 saturated heterocycles. The zero-order valence-corrected chi connectivity index (χ0v) is 11.8. The lowest BCUT2D eigenvalue weighted by Crippen LogP contribution is -2.07. The third-order valence-electron chi connectivity index (χ3n) is 2.81. The molecule has 2 rings (SSSR count). The normalized spacial score (nSPS) is 12.4. The van der Waals surface area contributed by atoms with Crippen LogP contribution in [0.1, 0.15) is 24.9 Å². The summed E-state index contributed by atoms with van der Waals surface area (Å²) in [5.41, 5.74) is 7.17. The van der Waals surface area contributed by atoms with Gasteiger partial charge in [0.1, 0.15) is 0 Å². The van der Waals surface area contributed by atoms with Crippen molar-refractivity contribution in [3.63, 3.8) is 0 Å². The predicted octanol–water partition coefficient (Wildman–Crippen LogP) is 4.90. The Morgan fingerprint density at radius 3 is 2.39 bits per heavy atom. The highest BCUT2D eigenvalue weighted by Crippen LogP contribution is 2.33. The van der Waals surface area contributed by atoms with Crippen LogP contribution >= 0.6 is 23.4 Å². The smallest absolute Gasteiger partial charge is 0.0545 e. The molecule has 2 aromatic carbocycles. The van der Waals surface area contributed by atoms with Crippen LogP contribution in [-0.2, 0) is 0 Å². The molecule has 0 aliphatic carbocycles. The van der Waals surface area contributed by atoms with Gasteiger partial charge in [0.25, 0.3) is 0 Å². The van der Waals surface area contributed by atoms with Crippen LogP contribution in [0.2, 0.25) is 5.02 Å². The van der Waals surface area contributed by atoms with Crippen LogP contribution in [0, 0.1) is 0 Å². The molecule has 0 amide bonds. The van der Waals surface area contributed by atoms with Gasteiger partial charge < -0.3 is 5.73 Å². The molecule has 0 aromatic heterocycles. The maximum absolute atomic E-state index is 6.14. The summed E-state index contributed by atoms with van der Waals surface area (Å²) in [5.74, 6) is 0. The second kappa shape index (κ2) is 6.28. The lowest BCUT2D eigenvalue weighted by molar-refractivity contribution is 0.698. The first kappa shape index (κ1) is 13.5. The fourth-order valence-corrected chi connectivity index (χ4v) is 2.76. The van der Waals surface area contributed by atoms with Crippen LogP contribution in [0.25, 0.3) is 0 Å². The van der Waals surface area contributed by atoms with E-state index in [1.54, 1.807) is 11.8 Å². The molecule has 0 spiro atoms. The first-order chi connectivity index (χ1) is 8.70. The Labute approximate surface area is 117 Å². The number of halogens is 1. The van der Waals surface area contributed by atoms with Crippen molar-refractivity contribution < 1.29 is 0 Å². The molecule has 0 bridgehead atoms. The van der Waals surface area contributed by atoms with Crippen molar-refractivity contribution in [2.45, 2.75) is 29.2 Å². The minimum absolute atomic E-state index is 0.129. The first-order valence-corrected chi connectivity index (χ1v) is 7.18. The Balaban J connectivity index is 2.14. The molecule has 18 heavy (non-hydrogen) atoms. The predicted molar refractivity (Wildman–Crippen MR) is 79.2 cm³/mol. The lowest BCUT2D eigenvalue weighted by Gasteiger charge is -2.10. The molecular weight excluding hydrogens is 262 g/mol. The Morgan fingerprint density at radius 2 is 1.78 bits per heavy atom. The van der Waals surface area contributed by atoms with Crippen molar-refractivity contribution >= 4 is 23.4 Å². The van der Waals surface area contributed by atoms with E-state index in [4.69, 9.17) is 17.3 Å². The van der Waals surface area contributed by atoms with Crippen molar-refractivity contribution in [2.75, 3.05) is 0 Å².